The molecule has 1 atom stereocenters. The molecule has 0 spiro atoms. The van der Waals surface area contributed by atoms with E-state index in [0.717, 1.165) is 25.9 Å². The minimum absolute atomic E-state index is 0.461. The van der Waals surface area contributed by atoms with Crippen molar-refractivity contribution in [2.75, 3.05) is 6.54 Å². The molecule has 1 aromatic rings. The van der Waals surface area contributed by atoms with Crippen molar-refractivity contribution in [3.05, 3.63) is 35.9 Å². The lowest BCUT2D eigenvalue weighted by atomic mass is 9.95. The van der Waals surface area contributed by atoms with Crippen LogP contribution >= 0.6 is 0 Å². The van der Waals surface area contributed by atoms with Gasteiger partial charge in [-0.05, 0) is 12.0 Å². The summed E-state index contributed by atoms with van der Waals surface area (Å²) in [4.78, 5) is 14.6. The number of ketones is 1. The molecular weight excluding hydrogens is 390 g/mol. The molecule has 0 amide bonds. The average Bonchev–Trinajstić information content (AvgIpc) is 2.81. The van der Waals surface area contributed by atoms with E-state index in [-0.39, 0.29) is 0 Å². The maximum Gasteiger partial charge on any atom is 0.135 e. The van der Waals surface area contributed by atoms with Crippen LogP contribution in [0, 0.1) is 0 Å². The second-order valence-electron chi connectivity index (χ2n) is 10.2. The van der Waals surface area contributed by atoms with Crippen LogP contribution in [0.15, 0.2) is 30.3 Å². The lowest BCUT2D eigenvalue weighted by Gasteiger charge is -2.35. The summed E-state index contributed by atoms with van der Waals surface area (Å²) in [6.45, 7) is 4.23. The van der Waals surface area contributed by atoms with Gasteiger partial charge in [0, 0.05) is 32.0 Å². The fourth-order valence-corrected chi connectivity index (χ4v) is 5.18. The third-order valence-electron chi connectivity index (χ3n) is 7.28. The van der Waals surface area contributed by atoms with E-state index in [1.165, 1.54) is 115 Å². The molecule has 0 aliphatic carbocycles. The van der Waals surface area contributed by atoms with E-state index in [0.29, 0.717) is 11.8 Å². The molecule has 1 aliphatic rings. The lowest BCUT2D eigenvalue weighted by molar-refractivity contribution is -0.123. The minimum atomic E-state index is 0.461. The fraction of sp³-hybridized carbons (Fsp3) is 0.767. The van der Waals surface area contributed by atoms with E-state index in [2.05, 4.69) is 42.2 Å². The second kappa shape index (κ2) is 18.3. The molecule has 2 heteroatoms. The van der Waals surface area contributed by atoms with E-state index in [1.807, 2.05) is 0 Å². The Morgan fingerprint density at radius 1 is 0.719 bits per heavy atom. The number of likely N-dealkylation sites (tertiary alicyclic amines) is 1. The number of hydrogen-bond donors (Lipinski definition) is 0. The van der Waals surface area contributed by atoms with Crippen LogP contribution in [-0.2, 0) is 11.3 Å². The molecule has 1 aromatic carbocycles. The minimum Gasteiger partial charge on any atom is -0.300 e. The Kier molecular flexibility index (Phi) is 15.5. The van der Waals surface area contributed by atoms with Crippen LogP contribution in [0.1, 0.15) is 134 Å². The van der Waals surface area contributed by atoms with Crippen LogP contribution in [0.5, 0.6) is 0 Å². The fourth-order valence-electron chi connectivity index (χ4n) is 5.18. The van der Waals surface area contributed by atoms with Gasteiger partial charge in [-0.25, -0.2) is 0 Å². The van der Waals surface area contributed by atoms with Crippen LogP contribution < -0.4 is 0 Å². The third-order valence-corrected chi connectivity index (χ3v) is 7.28. The maximum atomic E-state index is 12.0. The Morgan fingerprint density at radius 2 is 1.22 bits per heavy atom. The molecule has 0 N–H and O–H groups in total. The number of carbonyl (C=O) groups is 1. The summed E-state index contributed by atoms with van der Waals surface area (Å²) in [6.07, 6.45) is 25.3. The Bertz CT molecular complexity index is 569. The average molecular weight is 442 g/mol. The summed E-state index contributed by atoms with van der Waals surface area (Å²) in [5.74, 6) is 0.468. The van der Waals surface area contributed by atoms with Gasteiger partial charge in [0.2, 0.25) is 0 Å². The molecule has 0 aromatic heterocycles. The Labute approximate surface area is 199 Å². The number of Topliss-reactive ketones (excluding diaryl/α,β-unsaturated/α-hetero) is 1. The quantitative estimate of drug-likeness (QED) is 0.200. The van der Waals surface area contributed by atoms with E-state index in [9.17, 15) is 4.79 Å². The molecule has 0 saturated carbocycles. The largest absolute Gasteiger partial charge is 0.300 e. The molecule has 1 saturated heterocycles. The van der Waals surface area contributed by atoms with Crippen LogP contribution in [0.4, 0.5) is 0 Å². The van der Waals surface area contributed by atoms with Gasteiger partial charge in [0.1, 0.15) is 5.78 Å². The maximum absolute atomic E-state index is 12.0. The highest BCUT2D eigenvalue weighted by molar-refractivity contribution is 5.79. The topological polar surface area (TPSA) is 20.3 Å². The number of nitrogens with zero attached hydrogens (tertiary/aromatic N) is 1. The van der Waals surface area contributed by atoms with E-state index < -0.39 is 0 Å². The second-order valence-corrected chi connectivity index (χ2v) is 10.2. The predicted molar refractivity (Wildman–Crippen MR) is 139 cm³/mol. The van der Waals surface area contributed by atoms with Gasteiger partial charge in [-0.1, -0.05) is 140 Å². The normalized spacial score (nSPS) is 17.2. The van der Waals surface area contributed by atoms with E-state index in [1.54, 1.807) is 0 Å². The highest BCUT2D eigenvalue weighted by Gasteiger charge is 2.26. The van der Waals surface area contributed by atoms with Crippen molar-refractivity contribution in [3.8, 4) is 0 Å². The smallest absolute Gasteiger partial charge is 0.135 e. The summed E-state index contributed by atoms with van der Waals surface area (Å²) in [5.41, 5.74) is 1.37. The Morgan fingerprint density at radius 3 is 1.75 bits per heavy atom. The van der Waals surface area contributed by atoms with Crippen molar-refractivity contribution < 1.29 is 4.79 Å². The van der Waals surface area contributed by atoms with Crippen molar-refractivity contribution >= 4 is 5.78 Å². The Hall–Kier alpha value is -1.15. The highest BCUT2D eigenvalue weighted by atomic mass is 16.1. The van der Waals surface area contributed by atoms with Gasteiger partial charge < -0.3 is 0 Å². The lowest BCUT2D eigenvalue weighted by Crippen LogP contribution is -2.42. The molecule has 2 rings (SSSR count). The summed E-state index contributed by atoms with van der Waals surface area (Å²) < 4.78 is 0. The molecule has 1 heterocycles. The van der Waals surface area contributed by atoms with Gasteiger partial charge in [0.15, 0.2) is 0 Å². The molecule has 1 unspecified atom stereocenters. The van der Waals surface area contributed by atoms with E-state index in [4.69, 9.17) is 0 Å². The van der Waals surface area contributed by atoms with Gasteiger partial charge in [-0.15, -0.1) is 0 Å². The van der Waals surface area contributed by atoms with Gasteiger partial charge >= 0.3 is 0 Å². The number of rotatable bonds is 19. The summed E-state index contributed by atoms with van der Waals surface area (Å²) in [5, 5.41) is 0. The van der Waals surface area contributed by atoms with Crippen LogP contribution in [0.3, 0.4) is 0 Å². The van der Waals surface area contributed by atoms with Crippen LogP contribution in [0.25, 0.3) is 0 Å². The first-order valence-corrected chi connectivity index (χ1v) is 14.1. The van der Waals surface area contributed by atoms with Crippen molar-refractivity contribution in [1.29, 1.82) is 0 Å². The molecule has 32 heavy (non-hydrogen) atoms. The van der Waals surface area contributed by atoms with Crippen molar-refractivity contribution in [1.82, 2.24) is 4.90 Å². The predicted octanol–water partition coefficient (Wildman–Crippen LogP) is 8.87. The van der Waals surface area contributed by atoms with Gasteiger partial charge in [-0.2, -0.15) is 0 Å². The molecule has 0 bridgehead atoms. The molecular formula is C30H51NO. The summed E-state index contributed by atoms with van der Waals surface area (Å²) in [6, 6.07) is 11.2. The first-order valence-electron chi connectivity index (χ1n) is 14.1. The first kappa shape index (κ1) is 27.1. The zero-order chi connectivity index (χ0) is 22.7. The number of hydrogen-bond acceptors (Lipinski definition) is 2. The number of benzene rings is 1. The summed E-state index contributed by atoms with van der Waals surface area (Å²) >= 11 is 0. The zero-order valence-corrected chi connectivity index (χ0v) is 21.2. The molecule has 0 radical (unpaired) electrons. The Balaban J connectivity index is 1.42. The number of unbranched alkanes of at least 4 members (excludes halogenated alkanes) is 15. The van der Waals surface area contributed by atoms with Crippen molar-refractivity contribution in [2.45, 2.75) is 142 Å². The highest BCUT2D eigenvalue weighted by Crippen LogP contribution is 2.23. The first-order chi connectivity index (χ1) is 15.8. The summed E-state index contributed by atoms with van der Waals surface area (Å²) in [7, 11) is 0. The number of piperidine rings is 1. The van der Waals surface area contributed by atoms with E-state index >= 15 is 0 Å². The number of carbonyl (C=O) groups excluding carboxylic acids is 1. The molecule has 182 valence electrons. The van der Waals surface area contributed by atoms with Crippen molar-refractivity contribution in [2.24, 2.45) is 0 Å². The molecule has 2 nitrogen and oxygen atoms in total. The standard InChI is InChI=1S/C30H51NO/c1-2-3-4-5-6-7-8-9-10-11-12-13-14-15-16-20-23-29-26-30(32)24-25-31(29)27-28-21-18-17-19-22-28/h17-19,21-22,29H,2-16,20,23-27H2,1H3. The van der Waals surface area contributed by atoms with Gasteiger partial charge in [0.25, 0.3) is 0 Å². The van der Waals surface area contributed by atoms with Crippen LogP contribution in [-0.4, -0.2) is 23.3 Å². The van der Waals surface area contributed by atoms with Crippen LogP contribution in [0.2, 0.25) is 0 Å². The van der Waals surface area contributed by atoms with Crippen molar-refractivity contribution in [3.63, 3.8) is 0 Å². The third kappa shape index (κ3) is 12.8. The monoisotopic (exact) mass is 441 g/mol. The molecule has 1 aliphatic heterocycles. The van der Waals surface area contributed by atoms with Gasteiger partial charge in [-0.3, -0.25) is 9.69 Å². The van der Waals surface area contributed by atoms with Gasteiger partial charge in [0.05, 0.1) is 0 Å². The molecule has 1 fully saturated rings. The zero-order valence-electron chi connectivity index (χ0n) is 21.2. The SMILES string of the molecule is CCCCCCCCCCCCCCCCCCC1CC(=O)CCN1Cc1ccccc1.